The average molecular weight is 268 g/mol. The third kappa shape index (κ3) is 3.27. The van der Waals surface area contributed by atoms with Crippen LogP contribution in [-0.4, -0.2) is 0 Å². The first-order valence-electron chi connectivity index (χ1n) is 5.05. The van der Waals surface area contributed by atoms with Crippen LogP contribution in [0.4, 0.5) is 26.3 Å². The van der Waals surface area contributed by atoms with E-state index in [2.05, 4.69) is 6.58 Å². The minimum absolute atomic E-state index is 0.123. The molecule has 1 aromatic carbocycles. The van der Waals surface area contributed by atoms with Crippen LogP contribution in [0.3, 0.4) is 0 Å². The van der Waals surface area contributed by atoms with Crippen molar-refractivity contribution in [3.05, 3.63) is 47.5 Å². The summed E-state index contributed by atoms with van der Waals surface area (Å²) in [7, 11) is 0. The maximum absolute atomic E-state index is 12.7. The highest BCUT2D eigenvalue weighted by molar-refractivity contribution is 5.39. The topological polar surface area (TPSA) is 0 Å². The number of rotatable bonds is 3. The van der Waals surface area contributed by atoms with Crippen molar-refractivity contribution >= 4 is 0 Å². The van der Waals surface area contributed by atoms with E-state index in [1.807, 2.05) is 0 Å². The summed E-state index contributed by atoms with van der Waals surface area (Å²) >= 11 is 0. The molecule has 0 spiro atoms. The normalized spacial score (nSPS) is 12.6. The SMILES string of the molecule is C=CCCc1cccc(C(F)(F)F)c1C(F)(F)F. The van der Waals surface area contributed by atoms with Crippen LogP contribution in [0, 0.1) is 0 Å². The van der Waals surface area contributed by atoms with Gasteiger partial charge in [-0.25, -0.2) is 0 Å². The summed E-state index contributed by atoms with van der Waals surface area (Å²) in [5, 5.41) is 0. The molecule has 0 aliphatic heterocycles. The van der Waals surface area contributed by atoms with E-state index in [0.717, 1.165) is 12.1 Å². The Balaban J connectivity index is 3.40. The Morgan fingerprint density at radius 2 is 1.61 bits per heavy atom. The van der Waals surface area contributed by atoms with Gasteiger partial charge in [-0.2, -0.15) is 26.3 Å². The largest absolute Gasteiger partial charge is 0.417 e. The molecule has 0 saturated heterocycles. The van der Waals surface area contributed by atoms with E-state index in [1.54, 1.807) is 0 Å². The van der Waals surface area contributed by atoms with Crippen molar-refractivity contribution in [2.24, 2.45) is 0 Å². The number of halogens is 6. The van der Waals surface area contributed by atoms with E-state index in [0.29, 0.717) is 6.07 Å². The van der Waals surface area contributed by atoms with Crippen molar-refractivity contribution in [1.82, 2.24) is 0 Å². The number of benzene rings is 1. The quantitative estimate of drug-likeness (QED) is 0.543. The minimum atomic E-state index is -5.03. The second-order valence-electron chi connectivity index (χ2n) is 3.66. The lowest BCUT2D eigenvalue weighted by atomic mass is 9.96. The molecule has 0 unspecified atom stereocenters. The van der Waals surface area contributed by atoms with Crippen molar-refractivity contribution in [2.45, 2.75) is 25.2 Å². The van der Waals surface area contributed by atoms with Gasteiger partial charge in [0.05, 0.1) is 11.1 Å². The Hall–Kier alpha value is -1.46. The van der Waals surface area contributed by atoms with E-state index >= 15 is 0 Å². The number of hydrogen-bond acceptors (Lipinski definition) is 0. The van der Waals surface area contributed by atoms with Gasteiger partial charge in [0.1, 0.15) is 0 Å². The van der Waals surface area contributed by atoms with Crippen molar-refractivity contribution in [1.29, 1.82) is 0 Å². The smallest absolute Gasteiger partial charge is 0.166 e. The molecule has 0 atom stereocenters. The zero-order valence-corrected chi connectivity index (χ0v) is 9.20. The fraction of sp³-hybridized carbons (Fsp3) is 0.333. The van der Waals surface area contributed by atoms with Crippen molar-refractivity contribution in [2.75, 3.05) is 0 Å². The zero-order chi connectivity index (χ0) is 14.0. The standard InChI is InChI=1S/C12H10F6/c1-2-3-5-8-6-4-7-9(11(13,14)15)10(8)12(16,17)18/h2,4,6-7H,1,3,5H2. The molecule has 100 valence electrons. The number of hydrogen-bond donors (Lipinski definition) is 0. The molecule has 0 heterocycles. The lowest BCUT2D eigenvalue weighted by Gasteiger charge is -2.18. The molecule has 0 fully saturated rings. The first kappa shape index (κ1) is 14.6. The highest BCUT2D eigenvalue weighted by Gasteiger charge is 2.44. The van der Waals surface area contributed by atoms with Gasteiger partial charge in [0.2, 0.25) is 0 Å². The number of allylic oxidation sites excluding steroid dienone is 1. The van der Waals surface area contributed by atoms with Crippen LogP contribution in [0.25, 0.3) is 0 Å². The summed E-state index contributed by atoms with van der Waals surface area (Å²) in [5.74, 6) is 0. The Morgan fingerprint density at radius 1 is 1.00 bits per heavy atom. The fourth-order valence-corrected chi connectivity index (χ4v) is 1.64. The molecule has 0 nitrogen and oxygen atoms in total. The Bertz CT molecular complexity index is 427. The third-order valence-electron chi connectivity index (χ3n) is 2.36. The maximum Gasteiger partial charge on any atom is 0.417 e. The van der Waals surface area contributed by atoms with E-state index in [4.69, 9.17) is 0 Å². The molecular weight excluding hydrogens is 258 g/mol. The zero-order valence-electron chi connectivity index (χ0n) is 9.20. The van der Waals surface area contributed by atoms with Gasteiger partial charge in [-0.05, 0) is 24.5 Å². The Labute approximate surface area is 99.9 Å². The summed E-state index contributed by atoms with van der Waals surface area (Å²) < 4.78 is 75.9. The molecule has 0 amide bonds. The molecule has 0 aliphatic carbocycles. The lowest BCUT2D eigenvalue weighted by Crippen LogP contribution is -2.18. The lowest BCUT2D eigenvalue weighted by molar-refractivity contribution is -0.162. The molecule has 0 radical (unpaired) electrons. The molecule has 0 N–H and O–H groups in total. The highest BCUT2D eigenvalue weighted by Crippen LogP contribution is 2.42. The fourth-order valence-electron chi connectivity index (χ4n) is 1.64. The first-order valence-corrected chi connectivity index (χ1v) is 5.05. The molecule has 0 aliphatic rings. The summed E-state index contributed by atoms with van der Waals surface area (Å²) in [6.07, 6.45) is -8.62. The van der Waals surface area contributed by atoms with Crippen LogP contribution in [0.15, 0.2) is 30.9 Å². The predicted molar refractivity (Wildman–Crippen MR) is 55.0 cm³/mol. The van der Waals surface area contributed by atoms with Gasteiger partial charge in [0.15, 0.2) is 0 Å². The van der Waals surface area contributed by atoms with Crippen LogP contribution < -0.4 is 0 Å². The summed E-state index contributed by atoms with van der Waals surface area (Å²) in [6.45, 7) is 3.34. The highest BCUT2D eigenvalue weighted by atomic mass is 19.4. The van der Waals surface area contributed by atoms with E-state index in [9.17, 15) is 26.3 Å². The molecule has 1 rings (SSSR count). The second kappa shape index (κ2) is 5.04. The molecule has 1 aromatic rings. The molecule has 0 saturated carbocycles. The van der Waals surface area contributed by atoms with Crippen LogP contribution in [0.5, 0.6) is 0 Å². The molecule has 6 heteroatoms. The minimum Gasteiger partial charge on any atom is -0.166 e. The molecular formula is C12H10F6. The van der Waals surface area contributed by atoms with Crippen molar-refractivity contribution in [3.8, 4) is 0 Å². The van der Waals surface area contributed by atoms with E-state index < -0.39 is 23.5 Å². The van der Waals surface area contributed by atoms with Gasteiger partial charge in [-0.1, -0.05) is 18.2 Å². The molecule has 0 aromatic heterocycles. The average Bonchev–Trinajstić information content (AvgIpc) is 2.23. The summed E-state index contributed by atoms with van der Waals surface area (Å²) in [6, 6.07) is 2.48. The van der Waals surface area contributed by atoms with Gasteiger partial charge in [-0.15, -0.1) is 6.58 Å². The second-order valence-corrected chi connectivity index (χ2v) is 3.66. The molecule has 0 bridgehead atoms. The number of aryl methyl sites for hydroxylation is 1. The van der Waals surface area contributed by atoms with Crippen LogP contribution in [0.1, 0.15) is 23.1 Å². The predicted octanol–water partition coefficient (Wildman–Crippen LogP) is 4.84. The number of alkyl halides is 6. The van der Waals surface area contributed by atoms with Gasteiger partial charge >= 0.3 is 12.4 Å². The van der Waals surface area contributed by atoms with Crippen LogP contribution in [0.2, 0.25) is 0 Å². The van der Waals surface area contributed by atoms with Crippen molar-refractivity contribution in [3.63, 3.8) is 0 Å². The third-order valence-corrected chi connectivity index (χ3v) is 2.36. The van der Waals surface area contributed by atoms with Gasteiger partial charge < -0.3 is 0 Å². The monoisotopic (exact) mass is 268 g/mol. The molecule has 18 heavy (non-hydrogen) atoms. The summed E-state index contributed by atoms with van der Waals surface area (Å²) in [5.41, 5.74) is -3.60. The van der Waals surface area contributed by atoms with Gasteiger partial charge in [0, 0.05) is 0 Å². The Kier molecular flexibility index (Phi) is 4.09. The van der Waals surface area contributed by atoms with Crippen LogP contribution >= 0.6 is 0 Å². The Morgan fingerprint density at radius 3 is 2.06 bits per heavy atom. The summed E-state index contributed by atoms with van der Waals surface area (Å²) in [4.78, 5) is 0. The maximum atomic E-state index is 12.7. The first-order chi connectivity index (χ1) is 8.18. The van der Waals surface area contributed by atoms with Crippen LogP contribution in [-0.2, 0) is 18.8 Å². The van der Waals surface area contributed by atoms with E-state index in [1.165, 1.54) is 6.08 Å². The van der Waals surface area contributed by atoms with E-state index in [-0.39, 0.29) is 18.4 Å². The van der Waals surface area contributed by atoms with Gasteiger partial charge in [0.25, 0.3) is 0 Å². The van der Waals surface area contributed by atoms with Gasteiger partial charge in [-0.3, -0.25) is 0 Å². The van der Waals surface area contributed by atoms with Crippen molar-refractivity contribution < 1.29 is 26.3 Å².